The Balaban J connectivity index is 1.46. The third-order valence-electron chi connectivity index (χ3n) is 7.07. The van der Waals surface area contributed by atoms with Crippen LogP contribution >= 0.6 is 0 Å². The number of rotatable bonds is 6. The summed E-state index contributed by atoms with van der Waals surface area (Å²) in [6.07, 6.45) is -1.98. The highest BCUT2D eigenvalue weighted by molar-refractivity contribution is 6.17. The third-order valence-corrected chi connectivity index (χ3v) is 7.07. The minimum absolute atomic E-state index is 0.0584. The molecule has 2 aromatic rings. The van der Waals surface area contributed by atoms with Gasteiger partial charge in [0.25, 0.3) is 11.8 Å². The molecule has 2 aliphatic rings. The van der Waals surface area contributed by atoms with Crippen molar-refractivity contribution in [2.75, 3.05) is 31.6 Å². The van der Waals surface area contributed by atoms with Gasteiger partial charge in [0, 0.05) is 36.8 Å². The van der Waals surface area contributed by atoms with E-state index in [1.54, 1.807) is 24.4 Å². The van der Waals surface area contributed by atoms with E-state index in [1.165, 1.54) is 23.8 Å². The van der Waals surface area contributed by atoms with Gasteiger partial charge in [0.1, 0.15) is 11.4 Å². The zero-order valence-corrected chi connectivity index (χ0v) is 21.6. The summed E-state index contributed by atoms with van der Waals surface area (Å²) in [5, 5.41) is 9.68. The molecule has 2 fully saturated rings. The zero-order chi connectivity index (χ0) is 29.4. The number of hydrogen-bond donors (Lipinski definition) is 2. The summed E-state index contributed by atoms with van der Waals surface area (Å²) in [6.45, 7) is 3.51. The summed E-state index contributed by atoms with van der Waals surface area (Å²) >= 11 is 0. The SMILES string of the molecule is C=C(/C=C(C(=O)NCC(=O)N1CCC2(CC1)C(=O)N(C)C(=O)N2c1ccc2[nH]ncc2c1)\C(F)=C/C)C(F)(F)F. The molecule has 1 spiro atoms. The Kier molecular flexibility index (Phi) is 7.55. The lowest BCUT2D eigenvalue weighted by Gasteiger charge is -2.42. The lowest BCUT2D eigenvalue weighted by Crippen LogP contribution is -2.58. The molecule has 2 aliphatic heterocycles. The highest BCUT2D eigenvalue weighted by Crippen LogP contribution is 2.40. The van der Waals surface area contributed by atoms with Gasteiger partial charge in [-0.3, -0.25) is 29.3 Å². The molecule has 14 heteroatoms. The van der Waals surface area contributed by atoms with Gasteiger partial charge in [0.05, 0.1) is 23.8 Å². The molecule has 0 bridgehead atoms. The summed E-state index contributed by atoms with van der Waals surface area (Å²) in [7, 11) is 1.39. The molecule has 2 saturated heterocycles. The average Bonchev–Trinajstić information content (AvgIpc) is 3.46. The minimum atomic E-state index is -4.87. The smallest absolute Gasteiger partial charge is 0.343 e. The van der Waals surface area contributed by atoms with Crippen LogP contribution in [-0.2, 0) is 14.4 Å². The zero-order valence-electron chi connectivity index (χ0n) is 21.6. The summed E-state index contributed by atoms with van der Waals surface area (Å²) in [5.41, 5.74) is -2.33. The molecule has 2 N–H and O–H groups in total. The minimum Gasteiger partial charge on any atom is -0.343 e. The highest BCUT2D eigenvalue weighted by atomic mass is 19.4. The topological polar surface area (TPSA) is 119 Å². The van der Waals surface area contributed by atoms with Gasteiger partial charge in [0.15, 0.2) is 0 Å². The second-order valence-electron chi connectivity index (χ2n) is 9.44. The van der Waals surface area contributed by atoms with Gasteiger partial charge in [-0.2, -0.15) is 18.3 Å². The van der Waals surface area contributed by atoms with Crippen LogP contribution in [0.4, 0.5) is 28.0 Å². The number of allylic oxidation sites excluding steroid dienone is 3. The van der Waals surface area contributed by atoms with Gasteiger partial charge < -0.3 is 10.2 Å². The first-order valence-corrected chi connectivity index (χ1v) is 12.2. The van der Waals surface area contributed by atoms with Gasteiger partial charge in [0.2, 0.25) is 5.91 Å². The number of alkyl halides is 3. The van der Waals surface area contributed by atoms with Crippen LogP contribution < -0.4 is 10.2 Å². The molecule has 40 heavy (non-hydrogen) atoms. The van der Waals surface area contributed by atoms with E-state index in [2.05, 4.69) is 22.1 Å². The van der Waals surface area contributed by atoms with E-state index >= 15 is 0 Å². The van der Waals surface area contributed by atoms with E-state index < -0.39 is 59.0 Å². The molecule has 0 aliphatic carbocycles. The number of aromatic amines is 1. The van der Waals surface area contributed by atoms with Crippen LogP contribution in [-0.4, -0.2) is 82.1 Å². The molecule has 0 saturated carbocycles. The van der Waals surface area contributed by atoms with Gasteiger partial charge in [-0.25, -0.2) is 9.18 Å². The van der Waals surface area contributed by atoms with Gasteiger partial charge in [-0.05, 0) is 44.0 Å². The first-order valence-electron chi connectivity index (χ1n) is 12.2. The van der Waals surface area contributed by atoms with Crippen molar-refractivity contribution in [1.29, 1.82) is 0 Å². The molecule has 3 heterocycles. The number of likely N-dealkylation sites (tertiary alicyclic amines) is 1. The Morgan fingerprint density at radius 3 is 2.52 bits per heavy atom. The fourth-order valence-corrected chi connectivity index (χ4v) is 4.84. The number of hydrogen-bond acceptors (Lipinski definition) is 5. The molecule has 4 rings (SSSR count). The van der Waals surface area contributed by atoms with E-state index in [-0.39, 0.29) is 32.0 Å². The molecular weight excluding hydrogens is 536 g/mol. The van der Waals surface area contributed by atoms with Crippen LogP contribution in [0.1, 0.15) is 19.8 Å². The number of nitrogens with one attached hydrogen (secondary N) is 2. The molecule has 1 aromatic carbocycles. The largest absolute Gasteiger partial charge is 0.415 e. The predicted molar refractivity (Wildman–Crippen MR) is 136 cm³/mol. The molecule has 0 radical (unpaired) electrons. The Morgan fingerprint density at radius 2 is 1.90 bits per heavy atom. The molecule has 1 aromatic heterocycles. The maximum atomic E-state index is 14.1. The number of nitrogens with zero attached hydrogens (tertiary/aromatic N) is 4. The van der Waals surface area contributed by atoms with E-state index in [9.17, 15) is 36.7 Å². The van der Waals surface area contributed by atoms with Crippen molar-refractivity contribution in [1.82, 2.24) is 25.3 Å². The quantitative estimate of drug-likeness (QED) is 0.242. The van der Waals surface area contributed by atoms with Gasteiger partial charge >= 0.3 is 12.2 Å². The molecule has 10 nitrogen and oxygen atoms in total. The third kappa shape index (κ3) is 5.08. The van der Waals surface area contributed by atoms with Crippen LogP contribution in [0.25, 0.3) is 10.9 Å². The molecule has 212 valence electrons. The van der Waals surface area contributed by atoms with Crippen LogP contribution in [0.2, 0.25) is 0 Å². The maximum absolute atomic E-state index is 14.1. The second-order valence-corrected chi connectivity index (χ2v) is 9.44. The summed E-state index contributed by atoms with van der Waals surface area (Å²) in [5.74, 6) is -3.43. The number of halogens is 4. The number of carbonyl (C=O) groups is 4. The normalized spacial score (nSPS) is 18.2. The number of benzene rings is 1. The summed E-state index contributed by atoms with van der Waals surface area (Å²) in [4.78, 5) is 55.5. The van der Waals surface area contributed by atoms with Crippen LogP contribution in [0.3, 0.4) is 0 Å². The number of anilines is 1. The number of piperidine rings is 1. The molecular formula is C26H26F4N6O4. The van der Waals surface area contributed by atoms with E-state index in [0.717, 1.165) is 21.9 Å². The lowest BCUT2D eigenvalue weighted by molar-refractivity contribution is -0.137. The van der Waals surface area contributed by atoms with Crippen molar-refractivity contribution in [2.24, 2.45) is 0 Å². The Bertz CT molecular complexity index is 1450. The lowest BCUT2D eigenvalue weighted by atomic mass is 9.85. The van der Waals surface area contributed by atoms with E-state index in [0.29, 0.717) is 5.69 Å². The number of likely N-dealkylation sites (N-methyl/N-ethyl adjacent to an activating group) is 1. The van der Waals surface area contributed by atoms with Gasteiger partial charge in [-0.1, -0.05) is 12.7 Å². The van der Waals surface area contributed by atoms with Crippen molar-refractivity contribution in [3.8, 4) is 0 Å². The number of urea groups is 1. The first-order chi connectivity index (χ1) is 18.8. The molecule has 5 amide bonds. The fourth-order valence-electron chi connectivity index (χ4n) is 4.84. The molecule has 0 atom stereocenters. The van der Waals surface area contributed by atoms with Gasteiger partial charge in [-0.15, -0.1) is 0 Å². The average molecular weight is 563 g/mol. The monoisotopic (exact) mass is 562 g/mol. The number of imide groups is 1. The van der Waals surface area contributed by atoms with Crippen LogP contribution in [0.5, 0.6) is 0 Å². The Labute approximate surface area is 226 Å². The number of amides is 5. The van der Waals surface area contributed by atoms with E-state index in [4.69, 9.17) is 0 Å². The van der Waals surface area contributed by atoms with Crippen molar-refractivity contribution in [3.63, 3.8) is 0 Å². The Hall–Kier alpha value is -4.49. The summed E-state index contributed by atoms with van der Waals surface area (Å²) in [6, 6.07) is 4.67. The molecule has 0 unspecified atom stereocenters. The highest BCUT2D eigenvalue weighted by Gasteiger charge is 2.57. The van der Waals surface area contributed by atoms with Crippen molar-refractivity contribution >= 4 is 40.3 Å². The standard InChI is InChI=1S/C26H26F4N6O4/c1-4-19(27)18(11-15(2)26(28,29)30)22(38)31-14-21(37)35-9-7-25(8-10-35)23(39)34(3)24(40)36(25)17-5-6-20-16(12-17)13-32-33-20/h4-6,11-13H,2,7-10,14H2,1,3H3,(H,31,38)(H,32,33)/b18-11+,19-4+. The number of fused-ring (bicyclic) bond motifs is 1. The first kappa shape index (κ1) is 28.5. The van der Waals surface area contributed by atoms with E-state index in [1.807, 2.05) is 0 Å². The number of H-pyrrole nitrogens is 1. The fraction of sp³-hybridized carbons (Fsp3) is 0.346. The predicted octanol–water partition coefficient (Wildman–Crippen LogP) is 3.36. The summed E-state index contributed by atoms with van der Waals surface area (Å²) < 4.78 is 52.7. The van der Waals surface area contributed by atoms with Crippen LogP contribution in [0.15, 0.2) is 60.1 Å². The number of aromatic nitrogens is 2. The number of carbonyl (C=O) groups excluding carboxylic acids is 4. The van der Waals surface area contributed by atoms with Crippen molar-refractivity contribution in [2.45, 2.75) is 31.5 Å². The Morgan fingerprint density at radius 1 is 1.23 bits per heavy atom. The van der Waals surface area contributed by atoms with Crippen molar-refractivity contribution in [3.05, 3.63) is 60.1 Å². The van der Waals surface area contributed by atoms with Crippen molar-refractivity contribution < 1.29 is 36.7 Å². The van der Waals surface area contributed by atoms with Crippen LogP contribution in [0, 0.1) is 0 Å². The second kappa shape index (κ2) is 10.6. The maximum Gasteiger partial charge on any atom is 0.415 e.